The molecule has 2 heterocycles. The summed E-state index contributed by atoms with van der Waals surface area (Å²) in [5, 5.41) is 1.02. The van der Waals surface area contributed by atoms with Gasteiger partial charge in [0.25, 0.3) is 0 Å². The van der Waals surface area contributed by atoms with Gasteiger partial charge in [0.1, 0.15) is 7.11 Å². The maximum Gasteiger partial charge on any atom is 0.185 e. The second-order valence-corrected chi connectivity index (χ2v) is 6.12. The molecule has 4 nitrogen and oxygen atoms in total. The molecule has 2 aromatic heterocycles. The Morgan fingerprint density at radius 1 is 1.00 bits per heavy atom. The number of aromatic nitrogens is 2. The zero-order valence-corrected chi connectivity index (χ0v) is 14.9. The predicted molar refractivity (Wildman–Crippen MR) is 107 cm³/mol. The van der Waals surface area contributed by atoms with Gasteiger partial charge in [0, 0.05) is 28.9 Å². The Morgan fingerprint density at radius 3 is 2.52 bits per heavy atom. The molecule has 0 fully saturated rings. The Balaban J connectivity index is 1.75. The molecule has 0 aliphatic carbocycles. The number of fused-ring (bicyclic) bond motifs is 1. The molecular formula is C23H18N2O2. The van der Waals surface area contributed by atoms with E-state index in [0.29, 0.717) is 5.56 Å². The summed E-state index contributed by atoms with van der Waals surface area (Å²) in [6, 6.07) is 19.8. The van der Waals surface area contributed by atoms with E-state index in [0.717, 1.165) is 27.6 Å². The standard InChI is InChI=1S/C23H18N2O2/c1-27-25-16-20(8-10-23(26)18-11-13-24-14-12-18)21-15-19(7-9-22(21)25)17-5-3-2-4-6-17/h2-16H,1H3. The highest BCUT2D eigenvalue weighted by Crippen LogP contribution is 2.28. The van der Waals surface area contributed by atoms with E-state index in [4.69, 9.17) is 4.84 Å². The molecule has 132 valence electrons. The molecule has 0 aliphatic heterocycles. The molecule has 0 N–H and O–H groups in total. The van der Waals surface area contributed by atoms with Crippen LogP contribution in [0, 0.1) is 0 Å². The highest BCUT2D eigenvalue weighted by atomic mass is 16.6. The van der Waals surface area contributed by atoms with Crippen LogP contribution in [0.15, 0.2) is 85.3 Å². The van der Waals surface area contributed by atoms with Crippen LogP contribution < -0.4 is 4.84 Å². The summed E-state index contributed by atoms with van der Waals surface area (Å²) in [4.78, 5) is 21.7. The topological polar surface area (TPSA) is 44.1 Å². The number of nitrogens with zero attached hydrogens (tertiary/aromatic N) is 2. The summed E-state index contributed by atoms with van der Waals surface area (Å²) in [7, 11) is 1.63. The number of ketones is 1. The van der Waals surface area contributed by atoms with E-state index in [1.807, 2.05) is 36.5 Å². The molecule has 0 spiro atoms. The van der Waals surface area contributed by atoms with Gasteiger partial charge in [-0.3, -0.25) is 9.78 Å². The van der Waals surface area contributed by atoms with E-state index in [1.165, 1.54) is 0 Å². The fraction of sp³-hybridized carbons (Fsp3) is 0.0435. The Labute approximate surface area is 157 Å². The lowest BCUT2D eigenvalue weighted by molar-refractivity contribution is 0.104. The summed E-state index contributed by atoms with van der Waals surface area (Å²) < 4.78 is 1.71. The van der Waals surface area contributed by atoms with E-state index >= 15 is 0 Å². The lowest BCUT2D eigenvalue weighted by Crippen LogP contribution is -2.02. The summed E-state index contributed by atoms with van der Waals surface area (Å²) in [5.41, 5.74) is 4.75. The molecule has 4 aromatic rings. The van der Waals surface area contributed by atoms with Crippen molar-refractivity contribution in [1.82, 2.24) is 9.71 Å². The van der Waals surface area contributed by atoms with Crippen LogP contribution in [0.5, 0.6) is 0 Å². The van der Waals surface area contributed by atoms with Crippen LogP contribution in [0.1, 0.15) is 15.9 Å². The third kappa shape index (κ3) is 3.37. The van der Waals surface area contributed by atoms with Crippen molar-refractivity contribution in [2.45, 2.75) is 0 Å². The first-order valence-corrected chi connectivity index (χ1v) is 8.64. The third-order valence-corrected chi connectivity index (χ3v) is 4.48. The van der Waals surface area contributed by atoms with Crippen molar-refractivity contribution in [3.63, 3.8) is 0 Å². The van der Waals surface area contributed by atoms with E-state index in [9.17, 15) is 4.79 Å². The van der Waals surface area contributed by atoms with Gasteiger partial charge in [-0.15, -0.1) is 0 Å². The fourth-order valence-electron chi connectivity index (χ4n) is 3.10. The Bertz CT molecular complexity index is 1110. The number of pyridine rings is 1. The second-order valence-electron chi connectivity index (χ2n) is 6.12. The minimum absolute atomic E-state index is 0.0602. The van der Waals surface area contributed by atoms with Crippen molar-refractivity contribution >= 4 is 22.8 Å². The smallest absolute Gasteiger partial charge is 0.185 e. The summed E-state index contributed by atoms with van der Waals surface area (Å²) in [6.07, 6.45) is 8.53. The largest absolute Gasteiger partial charge is 0.417 e. The summed E-state index contributed by atoms with van der Waals surface area (Å²) in [6.45, 7) is 0. The number of hydrogen-bond donors (Lipinski definition) is 0. The van der Waals surface area contributed by atoms with Crippen LogP contribution in [0.3, 0.4) is 0 Å². The molecule has 0 saturated heterocycles. The van der Waals surface area contributed by atoms with Gasteiger partial charge < -0.3 is 4.84 Å². The molecule has 2 aromatic carbocycles. The minimum atomic E-state index is -0.0602. The highest BCUT2D eigenvalue weighted by Gasteiger charge is 2.10. The molecular weight excluding hydrogens is 336 g/mol. The lowest BCUT2D eigenvalue weighted by atomic mass is 10.0. The monoisotopic (exact) mass is 354 g/mol. The first kappa shape index (κ1) is 16.8. The van der Waals surface area contributed by atoms with Crippen molar-refractivity contribution in [3.8, 4) is 11.1 Å². The quantitative estimate of drug-likeness (QED) is 0.387. The van der Waals surface area contributed by atoms with E-state index < -0.39 is 0 Å². The summed E-state index contributed by atoms with van der Waals surface area (Å²) in [5.74, 6) is -0.0602. The second kappa shape index (κ2) is 7.30. The molecule has 4 rings (SSSR count). The van der Waals surface area contributed by atoms with E-state index in [-0.39, 0.29) is 5.78 Å². The van der Waals surface area contributed by atoms with Gasteiger partial charge in [-0.05, 0) is 47.5 Å². The SMILES string of the molecule is COn1cc(C=CC(=O)c2ccncc2)c2cc(-c3ccccc3)ccc21. The average molecular weight is 354 g/mol. The number of hydrogen-bond acceptors (Lipinski definition) is 3. The van der Waals surface area contributed by atoms with E-state index in [2.05, 4.69) is 29.2 Å². The van der Waals surface area contributed by atoms with Crippen LogP contribution in [0.2, 0.25) is 0 Å². The first-order chi connectivity index (χ1) is 13.3. The third-order valence-electron chi connectivity index (χ3n) is 4.48. The molecule has 0 radical (unpaired) electrons. The molecule has 0 unspecified atom stereocenters. The molecule has 27 heavy (non-hydrogen) atoms. The number of carbonyl (C=O) groups is 1. The van der Waals surface area contributed by atoms with Crippen LogP contribution in [0.25, 0.3) is 28.1 Å². The lowest BCUT2D eigenvalue weighted by Gasteiger charge is -2.04. The van der Waals surface area contributed by atoms with Crippen LogP contribution >= 0.6 is 0 Å². The molecule has 4 heteroatoms. The Hall–Kier alpha value is -3.66. The van der Waals surface area contributed by atoms with E-state index in [1.54, 1.807) is 42.4 Å². The molecule has 0 aliphatic rings. The minimum Gasteiger partial charge on any atom is -0.417 e. The number of rotatable bonds is 5. The van der Waals surface area contributed by atoms with Gasteiger partial charge in [0.05, 0.1) is 11.7 Å². The highest BCUT2D eigenvalue weighted by molar-refractivity contribution is 6.07. The zero-order valence-electron chi connectivity index (χ0n) is 14.9. The van der Waals surface area contributed by atoms with Gasteiger partial charge in [-0.2, -0.15) is 4.73 Å². The Kier molecular flexibility index (Phi) is 4.54. The van der Waals surface area contributed by atoms with Crippen LogP contribution in [0.4, 0.5) is 0 Å². The zero-order chi connectivity index (χ0) is 18.6. The van der Waals surface area contributed by atoms with Crippen molar-refractivity contribution in [1.29, 1.82) is 0 Å². The first-order valence-electron chi connectivity index (χ1n) is 8.64. The van der Waals surface area contributed by atoms with Crippen LogP contribution in [-0.4, -0.2) is 22.6 Å². The van der Waals surface area contributed by atoms with Crippen molar-refractivity contribution in [2.75, 3.05) is 7.11 Å². The molecule has 0 bridgehead atoms. The molecule has 0 atom stereocenters. The average Bonchev–Trinajstić information content (AvgIpc) is 3.10. The Morgan fingerprint density at radius 2 is 1.78 bits per heavy atom. The van der Waals surface area contributed by atoms with Gasteiger partial charge >= 0.3 is 0 Å². The molecule has 0 amide bonds. The maximum absolute atomic E-state index is 12.4. The van der Waals surface area contributed by atoms with Gasteiger partial charge in [0.2, 0.25) is 0 Å². The van der Waals surface area contributed by atoms with Crippen molar-refractivity contribution < 1.29 is 9.63 Å². The van der Waals surface area contributed by atoms with Gasteiger partial charge in [0.15, 0.2) is 5.78 Å². The maximum atomic E-state index is 12.4. The normalized spacial score (nSPS) is 11.1. The van der Waals surface area contributed by atoms with Crippen molar-refractivity contribution in [3.05, 3.63) is 96.5 Å². The molecule has 0 saturated carbocycles. The number of carbonyl (C=O) groups excluding carboxylic acids is 1. The predicted octanol–water partition coefficient (Wildman–Crippen LogP) is 4.66. The number of benzene rings is 2. The fourth-order valence-corrected chi connectivity index (χ4v) is 3.10. The van der Waals surface area contributed by atoms with Gasteiger partial charge in [-0.25, -0.2) is 0 Å². The van der Waals surface area contributed by atoms with Gasteiger partial charge in [-0.1, -0.05) is 36.4 Å². The number of allylic oxidation sites excluding steroid dienone is 1. The van der Waals surface area contributed by atoms with Crippen LogP contribution in [-0.2, 0) is 0 Å². The van der Waals surface area contributed by atoms with Crippen molar-refractivity contribution in [2.24, 2.45) is 0 Å². The summed E-state index contributed by atoms with van der Waals surface area (Å²) >= 11 is 0.